The molecule has 0 unspecified atom stereocenters. The summed E-state index contributed by atoms with van der Waals surface area (Å²) in [6, 6.07) is 29.1. The lowest BCUT2D eigenvalue weighted by atomic mass is 9.95. The van der Waals surface area contributed by atoms with E-state index in [2.05, 4.69) is 59.6 Å². The second-order valence-corrected chi connectivity index (χ2v) is 8.30. The molecule has 2 heterocycles. The van der Waals surface area contributed by atoms with Crippen LogP contribution >= 0.6 is 0 Å². The number of para-hydroxylation sites is 2. The third kappa shape index (κ3) is 3.20. The molecule has 5 heteroatoms. The smallest absolute Gasteiger partial charge is 0.217 e. The third-order valence-electron chi connectivity index (χ3n) is 6.48. The van der Waals surface area contributed by atoms with Gasteiger partial charge in [0.1, 0.15) is 5.75 Å². The van der Waals surface area contributed by atoms with E-state index in [1.165, 1.54) is 10.8 Å². The molecule has 0 amide bonds. The molecule has 6 rings (SSSR count). The van der Waals surface area contributed by atoms with Crippen LogP contribution in [0, 0.1) is 0 Å². The van der Waals surface area contributed by atoms with Crippen LogP contribution in [0.2, 0.25) is 0 Å². The normalized spacial score (nSPS) is 18.8. The van der Waals surface area contributed by atoms with Crippen molar-refractivity contribution >= 4 is 16.5 Å². The molecule has 0 fully saturated rings. The summed E-state index contributed by atoms with van der Waals surface area (Å²) in [5.41, 5.74) is 4.23. The quantitative estimate of drug-likeness (QED) is 0.388. The van der Waals surface area contributed by atoms with Crippen LogP contribution in [0.1, 0.15) is 35.4 Å². The minimum atomic E-state index is -0.423. The maximum atomic E-state index is 6.51. The first-order valence-electron chi connectivity index (χ1n) is 11.1. The number of nitrogens with zero attached hydrogens (tertiary/aromatic N) is 2. The van der Waals surface area contributed by atoms with Gasteiger partial charge >= 0.3 is 0 Å². The average Bonchev–Trinajstić information content (AvgIpc) is 3.33. The first-order valence-corrected chi connectivity index (χ1v) is 11.1. The lowest BCUT2D eigenvalue weighted by Gasteiger charge is -2.38. The second-order valence-electron chi connectivity index (χ2n) is 8.30. The van der Waals surface area contributed by atoms with Crippen LogP contribution in [0.3, 0.4) is 0 Å². The van der Waals surface area contributed by atoms with E-state index in [-0.39, 0.29) is 6.04 Å². The molecule has 0 aliphatic carbocycles. The zero-order chi connectivity index (χ0) is 22.4. The van der Waals surface area contributed by atoms with E-state index in [0.29, 0.717) is 11.5 Å². The number of fused-ring (bicyclic) bond motifs is 4. The van der Waals surface area contributed by atoms with Gasteiger partial charge in [0.25, 0.3) is 0 Å². The van der Waals surface area contributed by atoms with Crippen molar-refractivity contribution in [1.29, 1.82) is 0 Å². The molecule has 164 valence electrons. The Morgan fingerprint density at radius 2 is 1.61 bits per heavy atom. The van der Waals surface area contributed by atoms with Crippen LogP contribution in [0.15, 0.2) is 90.0 Å². The minimum Gasteiger partial charge on any atom is -0.493 e. The Bertz CT molecular complexity index is 1380. The van der Waals surface area contributed by atoms with E-state index in [4.69, 9.17) is 19.3 Å². The molecule has 0 saturated carbocycles. The van der Waals surface area contributed by atoms with Crippen molar-refractivity contribution in [2.24, 2.45) is 5.10 Å². The van der Waals surface area contributed by atoms with Gasteiger partial charge in [0.05, 0.1) is 31.5 Å². The van der Waals surface area contributed by atoms with Crippen LogP contribution in [-0.4, -0.2) is 24.9 Å². The molecule has 0 N–H and O–H groups in total. The number of methoxy groups -OCH3 is 2. The summed E-state index contributed by atoms with van der Waals surface area (Å²) in [6.07, 6.45) is 0.384. The lowest BCUT2D eigenvalue weighted by Crippen LogP contribution is -2.34. The van der Waals surface area contributed by atoms with Crippen LogP contribution in [0.4, 0.5) is 0 Å². The predicted octanol–water partition coefficient (Wildman–Crippen LogP) is 6.10. The van der Waals surface area contributed by atoms with E-state index >= 15 is 0 Å². The zero-order valence-electron chi connectivity index (χ0n) is 18.6. The van der Waals surface area contributed by atoms with Gasteiger partial charge in [-0.2, -0.15) is 5.10 Å². The summed E-state index contributed by atoms with van der Waals surface area (Å²) in [6.45, 7) is 0. The number of ether oxygens (including phenoxy) is 3. The zero-order valence-corrected chi connectivity index (χ0v) is 18.6. The van der Waals surface area contributed by atoms with Gasteiger partial charge in [0.2, 0.25) is 6.23 Å². The summed E-state index contributed by atoms with van der Waals surface area (Å²) in [4.78, 5) is 0. The van der Waals surface area contributed by atoms with E-state index in [1.807, 2.05) is 30.3 Å². The Morgan fingerprint density at radius 1 is 0.818 bits per heavy atom. The highest BCUT2D eigenvalue weighted by atomic mass is 16.5. The largest absolute Gasteiger partial charge is 0.493 e. The van der Waals surface area contributed by atoms with Crippen LogP contribution in [0.5, 0.6) is 17.2 Å². The Labute approximate surface area is 192 Å². The fourth-order valence-electron chi connectivity index (χ4n) is 4.89. The van der Waals surface area contributed by atoms with Crippen molar-refractivity contribution in [3.63, 3.8) is 0 Å². The molecule has 0 spiro atoms. The van der Waals surface area contributed by atoms with E-state index < -0.39 is 6.23 Å². The van der Waals surface area contributed by atoms with E-state index in [0.717, 1.165) is 34.6 Å². The Kier molecular flexibility index (Phi) is 4.68. The molecule has 2 atom stereocenters. The number of hydrogen-bond donors (Lipinski definition) is 0. The second kappa shape index (κ2) is 7.85. The van der Waals surface area contributed by atoms with Crippen molar-refractivity contribution in [3.8, 4) is 17.2 Å². The first-order chi connectivity index (χ1) is 16.3. The first kappa shape index (κ1) is 19.7. The summed E-state index contributed by atoms with van der Waals surface area (Å²) >= 11 is 0. The van der Waals surface area contributed by atoms with Crippen LogP contribution in [-0.2, 0) is 0 Å². The number of rotatable bonds is 4. The maximum Gasteiger partial charge on any atom is 0.217 e. The highest BCUT2D eigenvalue weighted by Gasteiger charge is 2.42. The topological polar surface area (TPSA) is 43.3 Å². The maximum absolute atomic E-state index is 6.51. The molecule has 0 aromatic heterocycles. The van der Waals surface area contributed by atoms with Gasteiger partial charge in [-0.15, -0.1) is 0 Å². The van der Waals surface area contributed by atoms with Gasteiger partial charge in [-0.3, -0.25) is 0 Å². The number of hydrogen-bond acceptors (Lipinski definition) is 5. The van der Waals surface area contributed by atoms with Gasteiger partial charge in [-0.05, 0) is 40.6 Å². The standard InChI is InChI=1S/C28H24N2O3/c1-31-26-13-7-11-22(27(26)32-2)28-30-24(21-10-5-6-12-25(21)33-28)17-23(29-30)20-15-14-18-8-3-4-9-19(18)16-20/h3-16,24,28H,17H2,1-2H3/t24-,28-/m1/s1. The molecular weight excluding hydrogens is 412 g/mol. The Balaban J connectivity index is 1.47. The Hall–Kier alpha value is -3.99. The van der Waals surface area contributed by atoms with Crippen molar-refractivity contribution in [3.05, 3.63) is 102 Å². The molecule has 0 saturated heterocycles. The van der Waals surface area contributed by atoms with Crippen LogP contribution in [0.25, 0.3) is 10.8 Å². The minimum absolute atomic E-state index is 0.0809. The van der Waals surface area contributed by atoms with Gasteiger partial charge < -0.3 is 14.2 Å². The van der Waals surface area contributed by atoms with Gasteiger partial charge in [0, 0.05) is 12.0 Å². The molecule has 5 nitrogen and oxygen atoms in total. The van der Waals surface area contributed by atoms with Gasteiger partial charge in [-0.25, -0.2) is 5.01 Å². The predicted molar refractivity (Wildman–Crippen MR) is 129 cm³/mol. The molecule has 4 aromatic carbocycles. The van der Waals surface area contributed by atoms with Gasteiger partial charge in [0.15, 0.2) is 11.5 Å². The molecule has 2 aliphatic heterocycles. The molecule has 33 heavy (non-hydrogen) atoms. The number of hydrazone groups is 1. The van der Waals surface area contributed by atoms with Crippen molar-refractivity contribution in [2.75, 3.05) is 14.2 Å². The molecular formula is C28H24N2O3. The van der Waals surface area contributed by atoms with Crippen LogP contribution < -0.4 is 14.2 Å². The summed E-state index contributed by atoms with van der Waals surface area (Å²) in [5, 5.41) is 9.62. The highest BCUT2D eigenvalue weighted by molar-refractivity contribution is 6.04. The monoisotopic (exact) mass is 436 g/mol. The van der Waals surface area contributed by atoms with E-state index in [9.17, 15) is 0 Å². The Morgan fingerprint density at radius 3 is 2.45 bits per heavy atom. The molecule has 0 bridgehead atoms. The lowest BCUT2D eigenvalue weighted by molar-refractivity contribution is -0.0205. The SMILES string of the molecule is COc1cccc([C@H]2Oc3ccccc3[C@H]3CC(c4ccc5ccccc5c4)=NN32)c1OC. The average molecular weight is 437 g/mol. The van der Waals surface area contributed by atoms with Crippen molar-refractivity contribution in [2.45, 2.75) is 18.7 Å². The summed E-state index contributed by atoms with van der Waals surface area (Å²) in [5.74, 6) is 2.22. The fraction of sp³-hybridized carbons (Fsp3) is 0.179. The highest BCUT2D eigenvalue weighted by Crippen LogP contribution is 2.50. The molecule has 2 aliphatic rings. The molecule has 4 aromatic rings. The van der Waals surface area contributed by atoms with Gasteiger partial charge in [-0.1, -0.05) is 60.7 Å². The van der Waals surface area contributed by atoms with E-state index in [1.54, 1.807) is 14.2 Å². The number of benzene rings is 4. The summed E-state index contributed by atoms with van der Waals surface area (Å²) in [7, 11) is 3.30. The fourth-order valence-corrected chi connectivity index (χ4v) is 4.89. The van der Waals surface area contributed by atoms with Crippen molar-refractivity contribution in [1.82, 2.24) is 5.01 Å². The third-order valence-corrected chi connectivity index (χ3v) is 6.48. The summed E-state index contributed by atoms with van der Waals surface area (Å²) < 4.78 is 17.8. The van der Waals surface area contributed by atoms with Crippen molar-refractivity contribution < 1.29 is 14.2 Å². The molecule has 0 radical (unpaired) electrons.